The Bertz CT molecular complexity index is 319. The summed E-state index contributed by atoms with van der Waals surface area (Å²) in [4.78, 5) is 0. The van der Waals surface area contributed by atoms with E-state index in [4.69, 9.17) is 5.26 Å². The highest BCUT2D eigenvalue weighted by Crippen LogP contribution is 2.18. The van der Waals surface area contributed by atoms with Gasteiger partial charge in [-0.1, -0.05) is 29.8 Å². The van der Waals surface area contributed by atoms with E-state index in [1.54, 1.807) is 0 Å². The molecular formula is C10H11NOS. The molecule has 1 unspecified atom stereocenters. The monoisotopic (exact) mass is 193 g/mol. The van der Waals surface area contributed by atoms with Crippen molar-refractivity contribution in [2.45, 2.75) is 13.0 Å². The van der Waals surface area contributed by atoms with Crippen LogP contribution < -0.4 is 0 Å². The molecule has 0 bridgehead atoms. The Morgan fingerprint density at radius 1 is 1.62 bits per heavy atom. The Balaban J connectivity index is 2.66. The summed E-state index contributed by atoms with van der Waals surface area (Å²) in [5, 5.41) is 19.9. The van der Waals surface area contributed by atoms with E-state index in [2.05, 4.69) is 0 Å². The van der Waals surface area contributed by atoms with Gasteiger partial charge in [0.2, 0.25) is 0 Å². The molecule has 1 aromatic rings. The maximum Gasteiger partial charge on any atom is 0.133 e. The second-order valence-electron chi connectivity index (χ2n) is 2.83. The van der Waals surface area contributed by atoms with E-state index >= 15 is 0 Å². The number of aryl methyl sites for hydroxylation is 1. The van der Waals surface area contributed by atoms with Crippen LogP contribution in [0.15, 0.2) is 24.3 Å². The number of aliphatic hydroxyl groups is 1. The Morgan fingerprint density at radius 3 is 3.00 bits per heavy atom. The fourth-order valence-corrected chi connectivity index (χ4v) is 1.51. The third-order valence-corrected chi connectivity index (χ3v) is 2.34. The Labute approximate surface area is 82.2 Å². The number of nitriles is 1. The van der Waals surface area contributed by atoms with Crippen molar-refractivity contribution in [1.82, 2.24) is 0 Å². The molecule has 0 fully saturated rings. The first-order valence-electron chi connectivity index (χ1n) is 3.99. The summed E-state index contributed by atoms with van der Waals surface area (Å²) in [5.74, 6) is 0.431. The SMILES string of the molecule is Cc1cccc(C(O)CSC#N)c1. The van der Waals surface area contributed by atoms with Crippen LogP contribution >= 0.6 is 11.8 Å². The van der Waals surface area contributed by atoms with E-state index < -0.39 is 6.10 Å². The number of benzene rings is 1. The lowest BCUT2D eigenvalue weighted by atomic mass is 10.1. The van der Waals surface area contributed by atoms with E-state index in [1.807, 2.05) is 36.6 Å². The Hall–Kier alpha value is -0.980. The molecule has 1 aromatic carbocycles. The minimum atomic E-state index is -0.537. The number of rotatable bonds is 3. The lowest BCUT2D eigenvalue weighted by Crippen LogP contribution is -1.99. The van der Waals surface area contributed by atoms with Gasteiger partial charge in [-0.2, -0.15) is 5.26 Å². The van der Waals surface area contributed by atoms with Gasteiger partial charge in [-0.25, -0.2) is 0 Å². The van der Waals surface area contributed by atoms with Gasteiger partial charge < -0.3 is 5.11 Å². The predicted molar refractivity (Wildman–Crippen MR) is 54.2 cm³/mol. The van der Waals surface area contributed by atoms with Crippen molar-refractivity contribution in [1.29, 1.82) is 5.26 Å². The summed E-state index contributed by atoms with van der Waals surface area (Å²) in [6.45, 7) is 1.98. The van der Waals surface area contributed by atoms with Gasteiger partial charge in [0.1, 0.15) is 5.40 Å². The molecule has 0 saturated heterocycles. The predicted octanol–water partition coefficient (Wildman–Crippen LogP) is 2.24. The van der Waals surface area contributed by atoms with Crippen molar-refractivity contribution in [2.24, 2.45) is 0 Å². The minimum absolute atomic E-state index is 0.431. The zero-order valence-electron chi connectivity index (χ0n) is 7.40. The molecule has 1 rings (SSSR count). The highest BCUT2D eigenvalue weighted by atomic mass is 32.2. The number of nitrogens with zero attached hydrogens (tertiary/aromatic N) is 1. The minimum Gasteiger partial charge on any atom is -0.388 e. The molecule has 0 aliphatic carbocycles. The van der Waals surface area contributed by atoms with Gasteiger partial charge in [0.05, 0.1) is 6.10 Å². The lowest BCUT2D eigenvalue weighted by molar-refractivity contribution is 0.204. The maximum atomic E-state index is 9.60. The Morgan fingerprint density at radius 2 is 2.38 bits per heavy atom. The van der Waals surface area contributed by atoms with E-state index in [0.717, 1.165) is 22.9 Å². The second kappa shape index (κ2) is 4.90. The van der Waals surface area contributed by atoms with Crippen LogP contribution in [0.1, 0.15) is 17.2 Å². The van der Waals surface area contributed by atoms with Gasteiger partial charge in [-0.05, 0) is 24.2 Å². The van der Waals surface area contributed by atoms with E-state index in [1.165, 1.54) is 0 Å². The van der Waals surface area contributed by atoms with Crippen molar-refractivity contribution in [3.8, 4) is 5.40 Å². The standard InChI is InChI=1S/C10H11NOS/c1-8-3-2-4-9(5-8)10(12)6-13-7-11/h2-5,10,12H,6H2,1H3. The largest absolute Gasteiger partial charge is 0.388 e. The van der Waals surface area contributed by atoms with Gasteiger partial charge in [-0.3, -0.25) is 0 Å². The van der Waals surface area contributed by atoms with Gasteiger partial charge >= 0.3 is 0 Å². The second-order valence-corrected chi connectivity index (χ2v) is 3.64. The normalized spacial score (nSPS) is 12.1. The Kier molecular flexibility index (Phi) is 3.81. The zero-order valence-corrected chi connectivity index (χ0v) is 8.21. The van der Waals surface area contributed by atoms with Gasteiger partial charge in [0.15, 0.2) is 0 Å². The topological polar surface area (TPSA) is 44.0 Å². The molecular weight excluding hydrogens is 182 g/mol. The van der Waals surface area contributed by atoms with Gasteiger partial charge in [0.25, 0.3) is 0 Å². The van der Waals surface area contributed by atoms with Crippen LogP contribution in [0, 0.1) is 17.6 Å². The number of thioether (sulfide) groups is 1. The van der Waals surface area contributed by atoms with Crippen LogP contribution in [0.5, 0.6) is 0 Å². The van der Waals surface area contributed by atoms with Crippen LogP contribution in [0.25, 0.3) is 0 Å². The molecule has 0 saturated carbocycles. The van der Waals surface area contributed by atoms with Crippen molar-refractivity contribution >= 4 is 11.8 Å². The summed E-state index contributed by atoms with van der Waals surface area (Å²) in [6.07, 6.45) is -0.537. The average molecular weight is 193 g/mol. The third kappa shape index (κ3) is 3.10. The number of thiocyanates is 1. The number of hydrogen-bond acceptors (Lipinski definition) is 3. The smallest absolute Gasteiger partial charge is 0.133 e. The average Bonchev–Trinajstić information content (AvgIpc) is 2.14. The van der Waals surface area contributed by atoms with Crippen molar-refractivity contribution < 1.29 is 5.11 Å². The molecule has 13 heavy (non-hydrogen) atoms. The van der Waals surface area contributed by atoms with E-state index in [0.29, 0.717) is 5.75 Å². The first-order valence-corrected chi connectivity index (χ1v) is 4.98. The van der Waals surface area contributed by atoms with Gasteiger partial charge in [0, 0.05) is 5.75 Å². The van der Waals surface area contributed by atoms with Crippen LogP contribution in [0.3, 0.4) is 0 Å². The fourth-order valence-electron chi connectivity index (χ4n) is 1.09. The molecule has 2 nitrogen and oxygen atoms in total. The summed E-state index contributed by atoms with van der Waals surface area (Å²) in [6, 6.07) is 7.69. The van der Waals surface area contributed by atoms with Gasteiger partial charge in [-0.15, -0.1) is 0 Å². The molecule has 0 amide bonds. The first-order chi connectivity index (χ1) is 6.24. The summed E-state index contributed by atoms with van der Waals surface area (Å²) in [5.41, 5.74) is 2.00. The lowest BCUT2D eigenvalue weighted by Gasteiger charge is -2.08. The molecule has 0 spiro atoms. The van der Waals surface area contributed by atoms with Crippen molar-refractivity contribution in [2.75, 3.05) is 5.75 Å². The van der Waals surface area contributed by atoms with Crippen LogP contribution in [-0.4, -0.2) is 10.9 Å². The molecule has 0 aromatic heterocycles. The first kappa shape index (κ1) is 10.1. The number of aliphatic hydroxyl groups excluding tert-OH is 1. The molecule has 0 aliphatic heterocycles. The van der Waals surface area contributed by atoms with Crippen molar-refractivity contribution in [3.63, 3.8) is 0 Å². The van der Waals surface area contributed by atoms with E-state index in [9.17, 15) is 5.11 Å². The highest BCUT2D eigenvalue weighted by molar-refractivity contribution is 8.03. The molecule has 68 valence electrons. The fraction of sp³-hybridized carbons (Fsp3) is 0.300. The molecule has 3 heteroatoms. The maximum absolute atomic E-state index is 9.60. The molecule has 1 N–H and O–H groups in total. The van der Waals surface area contributed by atoms with Crippen LogP contribution in [-0.2, 0) is 0 Å². The number of hydrogen-bond donors (Lipinski definition) is 1. The summed E-state index contributed by atoms with van der Waals surface area (Å²) < 4.78 is 0. The zero-order chi connectivity index (χ0) is 9.68. The quantitative estimate of drug-likeness (QED) is 0.749. The van der Waals surface area contributed by atoms with E-state index in [-0.39, 0.29) is 0 Å². The third-order valence-electron chi connectivity index (χ3n) is 1.73. The molecule has 0 radical (unpaired) electrons. The molecule has 0 heterocycles. The molecule has 1 atom stereocenters. The summed E-state index contributed by atoms with van der Waals surface area (Å²) in [7, 11) is 0. The van der Waals surface area contributed by atoms with Crippen LogP contribution in [0.2, 0.25) is 0 Å². The van der Waals surface area contributed by atoms with Crippen molar-refractivity contribution in [3.05, 3.63) is 35.4 Å². The highest BCUT2D eigenvalue weighted by Gasteiger charge is 2.06. The van der Waals surface area contributed by atoms with Crippen LogP contribution in [0.4, 0.5) is 0 Å². The molecule has 0 aliphatic rings. The summed E-state index contributed by atoms with van der Waals surface area (Å²) >= 11 is 1.07.